The summed E-state index contributed by atoms with van der Waals surface area (Å²) in [5, 5.41) is 17.6. The van der Waals surface area contributed by atoms with Gasteiger partial charge in [-0.05, 0) is 13.8 Å². The van der Waals surface area contributed by atoms with Crippen molar-refractivity contribution in [1.29, 1.82) is 0 Å². The molecule has 11 heteroatoms. The van der Waals surface area contributed by atoms with Crippen molar-refractivity contribution in [2.75, 3.05) is 13.6 Å². The monoisotopic (exact) mass is 399 g/mol. The first-order valence-electron chi connectivity index (χ1n) is 8.92. The zero-order valence-corrected chi connectivity index (χ0v) is 16.2. The number of likely N-dealkylation sites (N-methyl/N-ethyl adjacent to an activating group) is 1. The lowest BCUT2D eigenvalue weighted by atomic mass is 10.1. The molecule has 2 atom stereocenters. The molecule has 29 heavy (non-hydrogen) atoms. The van der Waals surface area contributed by atoms with Gasteiger partial charge in [0.1, 0.15) is 0 Å². The number of nitrogens with zero attached hydrogens (tertiary/aromatic N) is 5. The molecule has 0 saturated carbocycles. The number of hydrazone groups is 1. The molecule has 1 saturated heterocycles. The topological polar surface area (TPSA) is 133 Å². The molecular formula is C18H21N7O4. The Kier molecular flexibility index (Phi) is 5.57. The van der Waals surface area contributed by atoms with E-state index in [9.17, 15) is 19.7 Å². The van der Waals surface area contributed by atoms with E-state index in [0.717, 1.165) is 0 Å². The van der Waals surface area contributed by atoms with Gasteiger partial charge in [0, 0.05) is 31.3 Å². The van der Waals surface area contributed by atoms with Crippen LogP contribution in [0.3, 0.4) is 0 Å². The number of urea groups is 1. The van der Waals surface area contributed by atoms with E-state index in [0.29, 0.717) is 23.8 Å². The van der Waals surface area contributed by atoms with Gasteiger partial charge in [-0.1, -0.05) is 24.3 Å². The Morgan fingerprint density at radius 2 is 2.21 bits per heavy atom. The molecule has 0 spiro atoms. The highest BCUT2D eigenvalue weighted by atomic mass is 16.6. The fourth-order valence-corrected chi connectivity index (χ4v) is 3.08. The van der Waals surface area contributed by atoms with Crippen molar-refractivity contribution in [3.8, 4) is 0 Å². The van der Waals surface area contributed by atoms with Crippen LogP contribution in [0.4, 0.5) is 10.5 Å². The van der Waals surface area contributed by atoms with Gasteiger partial charge in [-0.3, -0.25) is 20.2 Å². The first-order chi connectivity index (χ1) is 13.8. The summed E-state index contributed by atoms with van der Waals surface area (Å²) in [5.74, 6) is -0.0953. The highest BCUT2D eigenvalue weighted by molar-refractivity contribution is 6.04. The number of hydrogen-bond acceptors (Lipinski definition) is 8. The lowest BCUT2D eigenvalue weighted by molar-refractivity contribution is -0.384. The maximum absolute atomic E-state index is 12.4. The number of benzene rings is 1. The number of allylic oxidation sites excluding steroid dienone is 1. The highest BCUT2D eigenvalue weighted by Gasteiger charge is 2.48. The minimum atomic E-state index is -0.676. The van der Waals surface area contributed by atoms with E-state index in [1.165, 1.54) is 17.0 Å². The zero-order chi connectivity index (χ0) is 21.1. The van der Waals surface area contributed by atoms with E-state index in [4.69, 9.17) is 0 Å². The van der Waals surface area contributed by atoms with Crippen LogP contribution in [0.1, 0.15) is 19.4 Å². The van der Waals surface area contributed by atoms with Gasteiger partial charge < -0.3 is 9.80 Å². The van der Waals surface area contributed by atoms with Gasteiger partial charge in [0.25, 0.3) is 11.6 Å². The molecule has 3 amide bonds. The molecule has 3 rings (SSSR count). The van der Waals surface area contributed by atoms with E-state index in [1.54, 1.807) is 31.0 Å². The van der Waals surface area contributed by atoms with Crippen molar-refractivity contribution in [2.45, 2.75) is 26.1 Å². The van der Waals surface area contributed by atoms with Crippen LogP contribution in [-0.2, 0) is 4.79 Å². The number of hydrogen-bond donors (Lipinski definition) is 2. The van der Waals surface area contributed by atoms with Crippen molar-refractivity contribution in [3.05, 3.63) is 52.1 Å². The summed E-state index contributed by atoms with van der Waals surface area (Å²) in [6.07, 6.45) is 3.04. The van der Waals surface area contributed by atoms with Crippen molar-refractivity contribution < 1.29 is 14.5 Å². The zero-order valence-electron chi connectivity index (χ0n) is 16.2. The number of carbonyl (C=O) groups is 2. The van der Waals surface area contributed by atoms with Crippen LogP contribution >= 0.6 is 0 Å². The lowest BCUT2D eigenvalue weighted by Gasteiger charge is -2.35. The molecule has 2 N–H and O–H groups in total. The summed E-state index contributed by atoms with van der Waals surface area (Å²) in [7, 11) is 1.57. The van der Waals surface area contributed by atoms with Gasteiger partial charge in [0.2, 0.25) is 5.96 Å². The second kappa shape index (κ2) is 8.09. The number of guanidine groups is 1. The van der Waals surface area contributed by atoms with E-state index >= 15 is 0 Å². The Hall–Kier alpha value is -3.76. The molecule has 2 heterocycles. The standard InChI is InChI=1S/C18H21N7O4/c1-4-5-9-24-14-15(23(3)18(27)20-16(14)26)19-17(24)22-21-11(2)12-7-6-8-13(10-12)25(28)29/h4-8,10,14-15H,9H2,1-3H3,(H,19,22)(H,20,26,27)/b5-4+,21-11-. The number of rotatable bonds is 5. The number of nitrogens with one attached hydrogen (secondary N) is 2. The molecule has 1 aromatic rings. The van der Waals surface area contributed by atoms with E-state index < -0.39 is 29.1 Å². The summed E-state index contributed by atoms with van der Waals surface area (Å²) >= 11 is 0. The maximum atomic E-state index is 12.4. The maximum Gasteiger partial charge on any atom is 0.325 e. The van der Waals surface area contributed by atoms with Crippen LogP contribution < -0.4 is 10.7 Å². The average molecular weight is 399 g/mol. The quantitative estimate of drug-likeness (QED) is 0.329. The SMILES string of the molecule is C/C=C/CN1C(N/N=C(/C)c2cccc([N+](=O)[O-])c2)=NC2C1C(=O)NC(=O)N2C. The molecule has 1 aromatic carbocycles. The molecule has 0 bridgehead atoms. The van der Waals surface area contributed by atoms with Crippen molar-refractivity contribution in [2.24, 2.45) is 10.1 Å². The summed E-state index contributed by atoms with van der Waals surface area (Å²) in [6.45, 7) is 3.95. The van der Waals surface area contributed by atoms with Gasteiger partial charge in [-0.2, -0.15) is 5.10 Å². The van der Waals surface area contributed by atoms with Gasteiger partial charge in [-0.25, -0.2) is 15.2 Å². The lowest BCUT2D eigenvalue weighted by Crippen LogP contribution is -2.64. The fourth-order valence-electron chi connectivity index (χ4n) is 3.08. The Morgan fingerprint density at radius 3 is 2.90 bits per heavy atom. The molecule has 2 unspecified atom stereocenters. The third-order valence-corrected chi connectivity index (χ3v) is 4.70. The highest BCUT2D eigenvalue weighted by Crippen LogP contribution is 2.23. The van der Waals surface area contributed by atoms with Crippen molar-refractivity contribution in [3.63, 3.8) is 0 Å². The first kappa shape index (κ1) is 20.0. The summed E-state index contributed by atoms with van der Waals surface area (Å²) < 4.78 is 0. The molecule has 1 fully saturated rings. The molecule has 0 radical (unpaired) electrons. The fraction of sp³-hybridized carbons (Fsp3) is 0.333. The number of imide groups is 1. The second-order valence-corrected chi connectivity index (χ2v) is 6.55. The van der Waals surface area contributed by atoms with E-state index in [-0.39, 0.29) is 5.69 Å². The molecule has 2 aliphatic heterocycles. The third kappa shape index (κ3) is 3.93. The van der Waals surface area contributed by atoms with Crippen LogP contribution in [0.15, 0.2) is 46.5 Å². The molecule has 2 aliphatic rings. The number of carbonyl (C=O) groups excluding carboxylic acids is 2. The Bertz CT molecular complexity index is 940. The minimum Gasteiger partial charge on any atom is -0.322 e. The van der Waals surface area contributed by atoms with Crippen LogP contribution in [0, 0.1) is 10.1 Å². The summed E-state index contributed by atoms with van der Waals surface area (Å²) in [6, 6.07) is 4.93. The average Bonchev–Trinajstić information content (AvgIpc) is 3.07. The van der Waals surface area contributed by atoms with E-state index in [1.807, 2.05) is 19.1 Å². The molecule has 152 valence electrons. The number of fused-ring (bicyclic) bond motifs is 1. The smallest absolute Gasteiger partial charge is 0.322 e. The second-order valence-electron chi connectivity index (χ2n) is 6.55. The van der Waals surface area contributed by atoms with Crippen LogP contribution in [0.25, 0.3) is 0 Å². The van der Waals surface area contributed by atoms with Crippen molar-refractivity contribution >= 4 is 29.3 Å². The molecule has 0 aliphatic carbocycles. The molecule has 11 nitrogen and oxygen atoms in total. The Morgan fingerprint density at radius 1 is 1.45 bits per heavy atom. The van der Waals surface area contributed by atoms with Crippen molar-refractivity contribution in [1.82, 2.24) is 20.5 Å². The predicted molar refractivity (Wildman–Crippen MR) is 106 cm³/mol. The number of aliphatic imine (C=N–C) groups is 1. The number of nitro benzene ring substituents is 1. The number of non-ortho nitro benzene ring substituents is 1. The van der Waals surface area contributed by atoms with Gasteiger partial charge in [-0.15, -0.1) is 0 Å². The van der Waals surface area contributed by atoms with Crippen LogP contribution in [0.2, 0.25) is 0 Å². The van der Waals surface area contributed by atoms with Gasteiger partial charge in [0.05, 0.1) is 10.6 Å². The largest absolute Gasteiger partial charge is 0.325 e. The predicted octanol–water partition coefficient (Wildman–Crippen LogP) is 1.03. The Balaban J connectivity index is 1.86. The third-order valence-electron chi connectivity index (χ3n) is 4.70. The summed E-state index contributed by atoms with van der Waals surface area (Å²) in [4.78, 5) is 42.3. The van der Waals surface area contributed by atoms with Gasteiger partial charge >= 0.3 is 6.03 Å². The normalized spacial score (nSPS) is 21.9. The number of nitro groups is 1. The van der Waals surface area contributed by atoms with E-state index in [2.05, 4.69) is 20.8 Å². The minimum absolute atomic E-state index is 0.0344. The molecular weight excluding hydrogens is 378 g/mol. The molecule has 0 aromatic heterocycles. The number of amides is 3. The first-order valence-corrected chi connectivity index (χ1v) is 8.92. The Labute approximate surface area is 166 Å². The summed E-state index contributed by atoms with van der Waals surface area (Å²) in [5.41, 5.74) is 3.89. The van der Waals surface area contributed by atoms with Crippen LogP contribution in [-0.4, -0.2) is 64.1 Å². The van der Waals surface area contributed by atoms with Gasteiger partial charge in [0.15, 0.2) is 12.2 Å². The van der Waals surface area contributed by atoms with Crippen LogP contribution in [0.5, 0.6) is 0 Å².